The highest BCUT2D eigenvalue weighted by molar-refractivity contribution is 5.96. The maximum absolute atomic E-state index is 12.3. The molecule has 0 aliphatic rings. The van der Waals surface area contributed by atoms with Crippen molar-refractivity contribution in [2.24, 2.45) is 0 Å². The molecule has 0 spiro atoms. The monoisotopic (exact) mass is 354 g/mol. The Kier molecular flexibility index (Phi) is 6.39. The number of esters is 1. The second-order valence-corrected chi connectivity index (χ2v) is 7.06. The van der Waals surface area contributed by atoms with Crippen LogP contribution in [0.3, 0.4) is 0 Å². The van der Waals surface area contributed by atoms with Crippen molar-refractivity contribution >= 4 is 23.3 Å². The molecule has 0 heterocycles. The SMILES string of the molecule is COC(=O)c1ccccc1NCCC(=O)Nc1ccccc1C(C)(C)C. The Morgan fingerprint density at radius 3 is 2.23 bits per heavy atom. The van der Waals surface area contributed by atoms with Crippen LogP contribution in [-0.4, -0.2) is 25.5 Å². The van der Waals surface area contributed by atoms with Gasteiger partial charge in [0, 0.05) is 24.3 Å². The lowest BCUT2D eigenvalue weighted by molar-refractivity contribution is -0.115. The average molecular weight is 354 g/mol. The standard InChI is InChI=1S/C21H26N2O3/c1-21(2,3)16-10-6-8-12-18(16)23-19(24)13-14-22-17-11-7-5-9-15(17)20(25)26-4/h5-12,22H,13-14H2,1-4H3,(H,23,24). The van der Waals surface area contributed by atoms with Crippen molar-refractivity contribution in [2.45, 2.75) is 32.6 Å². The molecular weight excluding hydrogens is 328 g/mol. The molecule has 2 N–H and O–H groups in total. The molecule has 0 saturated heterocycles. The zero-order chi connectivity index (χ0) is 19.2. The maximum atomic E-state index is 12.3. The van der Waals surface area contributed by atoms with E-state index in [1.807, 2.05) is 30.3 Å². The molecule has 0 aromatic heterocycles. The first-order valence-electron chi connectivity index (χ1n) is 8.63. The number of hydrogen-bond donors (Lipinski definition) is 2. The third kappa shape index (κ3) is 5.09. The third-order valence-electron chi connectivity index (χ3n) is 4.01. The molecule has 2 aromatic carbocycles. The zero-order valence-electron chi connectivity index (χ0n) is 15.8. The first-order valence-corrected chi connectivity index (χ1v) is 8.63. The molecule has 0 bridgehead atoms. The summed E-state index contributed by atoms with van der Waals surface area (Å²) in [6, 6.07) is 14.9. The number of nitrogens with one attached hydrogen (secondary N) is 2. The summed E-state index contributed by atoms with van der Waals surface area (Å²) in [6.45, 7) is 6.76. The Balaban J connectivity index is 1.96. The highest BCUT2D eigenvalue weighted by atomic mass is 16.5. The summed E-state index contributed by atoms with van der Waals surface area (Å²) in [5.41, 5.74) is 2.98. The molecule has 138 valence electrons. The summed E-state index contributed by atoms with van der Waals surface area (Å²) in [6.07, 6.45) is 0.286. The minimum Gasteiger partial charge on any atom is -0.465 e. The van der Waals surface area contributed by atoms with E-state index in [9.17, 15) is 9.59 Å². The van der Waals surface area contributed by atoms with Crippen LogP contribution >= 0.6 is 0 Å². The van der Waals surface area contributed by atoms with E-state index < -0.39 is 5.97 Å². The smallest absolute Gasteiger partial charge is 0.339 e. The molecule has 0 unspecified atom stereocenters. The topological polar surface area (TPSA) is 67.4 Å². The number of rotatable bonds is 6. The van der Waals surface area contributed by atoms with Gasteiger partial charge in [-0.05, 0) is 29.2 Å². The lowest BCUT2D eigenvalue weighted by Crippen LogP contribution is -2.20. The van der Waals surface area contributed by atoms with Crippen LogP contribution in [0.4, 0.5) is 11.4 Å². The molecule has 0 atom stereocenters. The Hall–Kier alpha value is -2.82. The third-order valence-corrected chi connectivity index (χ3v) is 4.01. The predicted molar refractivity (Wildman–Crippen MR) is 105 cm³/mol. The maximum Gasteiger partial charge on any atom is 0.339 e. The Morgan fingerprint density at radius 1 is 0.962 bits per heavy atom. The lowest BCUT2D eigenvalue weighted by atomic mass is 9.86. The number of anilines is 2. The second kappa shape index (κ2) is 8.52. The number of hydrogen-bond acceptors (Lipinski definition) is 4. The van der Waals surface area contributed by atoms with Gasteiger partial charge in [-0.3, -0.25) is 4.79 Å². The quantitative estimate of drug-likeness (QED) is 0.763. The van der Waals surface area contributed by atoms with Crippen molar-refractivity contribution < 1.29 is 14.3 Å². The molecular formula is C21H26N2O3. The number of para-hydroxylation sites is 2. The lowest BCUT2D eigenvalue weighted by Gasteiger charge is -2.23. The van der Waals surface area contributed by atoms with Gasteiger partial charge < -0.3 is 15.4 Å². The molecule has 26 heavy (non-hydrogen) atoms. The van der Waals surface area contributed by atoms with E-state index >= 15 is 0 Å². The van der Waals surface area contributed by atoms with Crippen molar-refractivity contribution in [3.05, 3.63) is 59.7 Å². The van der Waals surface area contributed by atoms with Gasteiger partial charge in [0.25, 0.3) is 0 Å². The van der Waals surface area contributed by atoms with Gasteiger partial charge in [0.2, 0.25) is 5.91 Å². The highest BCUT2D eigenvalue weighted by Crippen LogP contribution is 2.29. The van der Waals surface area contributed by atoms with E-state index in [1.165, 1.54) is 7.11 Å². The van der Waals surface area contributed by atoms with E-state index in [4.69, 9.17) is 4.74 Å². The first-order chi connectivity index (χ1) is 12.3. The Bertz CT molecular complexity index is 779. The van der Waals surface area contributed by atoms with Crippen LogP contribution in [0, 0.1) is 0 Å². The number of carbonyl (C=O) groups is 2. The van der Waals surface area contributed by atoms with Crippen molar-refractivity contribution in [2.75, 3.05) is 24.3 Å². The number of amides is 1. The van der Waals surface area contributed by atoms with Crippen molar-refractivity contribution in [1.29, 1.82) is 0 Å². The fourth-order valence-corrected chi connectivity index (χ4v) is 2.69. The van der Waals surface area contributed by atoms with Gasteiger partial charge in [-0.1, -0.05) is 51.1 Å². The summed E-state index contributed by atoms with van der Waals surface area (Å²) in [5, 5.41) is 6.11. The molecule has 0 saturated carbocycles. The van der Waals surface area contributed by atoms with Crippen LogP contribution in [-0.2, 0) is 14.9 Å². The van der Waals surface area contributed by atoms with Gasteiger partial charge in [0.1, 0.15) is 0 Å². The minimum absolute atomic E-state index is 0.0540. The average Bonchev–Trinajstić information content (AvgIpc) is 2.61. The van der Waals surface area contributed by atoms with Crippen molar-refractivity contribution in [1.82, 2.24) is 0 Å². The van der Waals surface area contributed by atoms with Crippen molar-refractivity contribution in [3.63, 3.8) is 0 Å². The van der Waals surface area contributed by atoms with Gasteiger partial charge in [-0.2, -0.15) is 0 Å². The molecule has 5 nitrogen and oxygen atoms in total. The second-order valence-electron chi connectivity index (χ2n) is 7.06. The summed E-state index contributed by atoms with van der Waals surface area (Å²) >= 11 is 0. The Labute approximate surface area is 154 Å². The molecule has 2 rings (SSSR count). The first kappa shape index (κ1) is 19.5. The van der Waals surface area contributed by atoms with Crippen LogP contribution in [0.25, 0.3) is 0 Å². The molecule has 2 aromatic rings. The number of methoxy groups -OCH3 is 1. The molecule has 0 aliphatic heterocycles. The molecule has 0 aliphatic carbocycles. The fourth-order valence-electron chi connectivity index (χ4n) is 2.69. The van der Waals surface area contributed by atoms with E-state index in [0.717, 1.165) is 11.3 Å². The summed E-state index contributed by atoms with van der Waals surface area (Å²) in [5.74, 6) is -0.485. The summed E-state index contributed by atoms with van der Waals surface area (Å²) in [4.78, 5) is 24.1. The van der Waals surface area contributed by atoms with Crippen molar-refractivity contribution in [3.8, 4) is 0 Å². The van der Waals surface area contributed by atoms with Crippen LogP contribution in [0.15, 0.2) is 48.5 Å². The van der Waals surface area contributed by atoms with Gasteiger partial charge in [0.05, 0.1) is 12.7 Å². The van der Waals surface area contributed by atoms with E-state index in [0.29, 0.717) is 17.8 Å². The van der Waals surface area contributed by atoms with Crippen LogP contribution in [0.1, 0.15) is 43.1 Å². The highest BCUT2D eigenvalue weighted by Gasteiger charge is 2.18. The fraction of sp³-hybridized carbons (Fsp3) is 0.333. The largest absolute Gasteiger partial charge is 0.465 e. The van der Waals surface area contributed by atoms with Crippen LogP contribution in [0.2, 0.25) is 0 Å². The van der Waals surface area contributed by atoms with E-state index in [2.05, 4.69) is 31.4 Å². The van der Waals surface area contributed by atoms with E-state index in [1.54, 1.807) is 18.2 Å². The van der Waals surface area contributed by atoms with E-state index in [-0.39, 0.29) is 17.7 Å². The molecule has 5 heteroatoms. The van der Waals surface area contributed by atoms with Crippen LogP contribution in [0.5, 0.6) is 0 Å². The summed E-state index contributed by atoms with van der Waals surface area (Å²) in [7, 11) is 1.35. The minimum atomic E-state index is -0.406. The van der Waals surface area contributed by atoms with Gasteiger partial charge in [-0.25, -0.2) is 4.79 Å². The normalized spacial score (nSPS) is 10.9. The number of ether oxygens (including phenoxy) is 1. The van der Waals surface area contributed by atoms with Gasteiger partial charge in [0.15, 0.2) is 0 Å². The number of benzene rings is 2. The molecule has 0 fully saturated rings. The van der Waals surface area contributed by atoms with Gasteiger partial charge in [-0.15, -0.1) is 0 Å². The number of carbonyl (C=O) groups excluding carboxylic acids is 2. The molecule has 1 amide bonds. The van der Waals surface area contributed by atoms with Gasteiger partial charge >= 0.3 is 5.97 Å². The predicted octanol–water partition coefficient (Wildman–Crippen LogP) is 4.21. The van der Waals surface area contributed by atoms with Crippen LogP contribution < -0.4 is 10.6 Å². The molecule has 0 radical (unpaired) electrons. The summed E-state index contributed by atoms with van der Waals surface area (Å²) < 4.78 is 4.77. The Morgan fingerprint density at radius 2 is 1.58 bits per heavy atom. The zero-order valence-corrected chi connectivity index (χ0v) is 15.8.